The minimum atomic E-state index is -0.221. The van der Waals surface area contributed by atoms with Crippen LogP contribution in [0.25, 0.3) is 0 Å². The number of amides is 2. The van der Waals surface area contributed by atoms with Gasteiger partial charge in [-0.1, -0.05) is 11.8 Å². The molecule has 0 saturated carbocycles. The largest absolute Gasteiger partial charge is 0.394 e. The number of carbonyl (C=O) groups excluding carboxylic acids is 2. The average Bonchev–Trinajstić information content (AvgIpc) is 2.61. The van der Waals surface area contributed by atoms with Gasteiger partial charge in [0.25, 0.3) is 5.24 Å². The van der Waals surface area contributed by atoms with E-state index < -0.39 is 0 Å². The second kappa shape index (κ2) is 5.97. The molecule has 0 aromatic rings. The first-order chi connectivity index (χ1) is 7.13. The molecule has 1 fully saturated rings. The zero-order chi connectivity index (χ0) is 11.3. The first-order valence-corrected chi connectivity index (χ1v) is 5.94. The molecule has 0 unspecified atom stereocenters. The summed E-state index contributed by atoms with van der Waals surface area (Å²) >= 11 is 1.29. The third-order valence-electron chi connectivity index (χ3n) is 2.13. The number of hydrogen-bond acceptors (Lipinski definition) is 4. The van der Waals surface area contributed by atoms with Crippen molar-refractivity contribution in [3.05, 3.63) is 0 Å². The molecule has 0 radical (unpaired) electrons. The summed E-state index contributed by atoms with van der Waals surface area (Å²) in [6.45, 7) is 2.86. The van der Waals surface area contributed by atoms with Crippen molar-refractivity contribution < 1.29 is 14.7 Å². The highest BCUT2D eigenvalue weighted by molar-refractivity contribution is 8.13. The van der Waals surface area contributed by atoms with E-state index in [-0.39, 0.29) is 23.8 Å². The summed E-state index contributed by atoms with van der Waals surface area (Å²) in [6.07, 6.45) is 0.302. The van der Waals surface area contributed by atoms with Crippen LogP contribution in [-0.2, 0) is 4.79 Å². The summed E-state index contributed by atoms with van der Waals surface area (Å²) in [5.74, 6) is 0.689. The van der Waals surface area contributed by atoms with E-state index >= 15 is 0 Å². The number of hydrogen-bond donors (Lipinski definition) is 2. The van der Waals surface area contributed by atoms with Crippen LogP contribution in [0, 0.1) is 0 Å². The fourth-order valence-electron chi connectivity index (χ4n) is 1.26. The van der Waals surface area contributed by atoms with Crippen molar-refractivity contribution in [2.24, 2.45) is 0 Å². The highest BCUT2D eigenvalue weighted by Crippen LogP contribution is 2.16. The lowest BCUT2D eigenvalue weighted by molar-refractivity contribution is -0.122. The minimum absolute atomic E-state index is 0.0537. The van der Waals surface area contributed by atoms with Crippen LogP contribution in [0.15, 0.2) is 0 Å². The number of rotatable bonds is 5. The molecule has 0 bridgehead atoms. The maximum absolute atomic E-state index is 11.3. The van der Waals surface area contributed by atoms with E-state index in [0.29, 0.717) is 13.0 Å². The molecular formula is C9H16N2O3S. The summed E-state index contributed by atoms with van der Waals surface area (Å²) in [4.78, 5) is 24.2. The van der Waals surface area contributed by atoms with Gasteiger partial charge in [0.05, 0.1) is 6.61 Å². The number of nitrogens with zero attached hydrogens (tertiary/aromatic N) is 1. The van der Waals surface area contributed by atoms with Crippen LogP contribution in [0.5, 0.6) is 0 Å². The molecule has 6 heteroatoms. The van der Waals surface area contributed by atoms with E-state index in [2.05, 4.69) is 5.32 Å². The number of aliphatic hydroxyl groups is 1. The Morgan fingerprint density at radius 1 is 1.73 bits per heavy atom. The maximum atomic E-state index is 11.3. The molecule has 1 heterocycles. The normalized spacial score (nSPS) is 18.0. The highest BCUT2D eigenvalue weighted by Gasteiger charge is 2.21. The Labute approximate surface area is 93.2 Å². The monoisotopic (exact) mass is 232 g/mol. The lowest BCUT2D eigenvalue weighted by Gasteiger charge is -2.15. The molecule has 2 amide bonds. The zero-order valence-electron chi connectivity index (χ0n) is 8.73. The summed E-state index contributed by atoms with van der Waals surface area (Å²) < 4.78 is 0. The van der Waals surface area contributed by atoms with Crippen molar-refractivity contribution in [2.75, 3.05) is 25.4 Å². The predicted octanol–water partition coefficient (Wildman–Crippen LogP) is 0.0423. The molecule has 5 nitrogen and oxygen atoms in total. The summed E-state index contributed by atoms with van der Waals surface area (Å²) in [5, 5.41) is 11.4. The molecule has 1 aliphatic heterocycles. The molecule has 2 N–H and O–H groups in total. The first kappa shape index (κ1) is 12.3. The van der Waals surface area contributed by atoms with Crippen LogP contribution in [0.3, 0.4) is 0 Å². The first-order valence-electron chi connectivity index (χ1n) is 4.95. The van der Waals surface area contributed by atoms with Gasteiger partial charge in [-0.3, -0.25) is 9.59 Å². The van der Waals surface area contributed by atoms with Crippen LogP contribution in [-0.4, -0.2) is 52.6 Å². The Kier molecular flexibility index (Phi) is 4.90. The average molecular weight is 232 g/mol. The van der Waals surface area contributed by atoms with Gasteiger partial charge in [-0.05, 0) is 6.92 Å². The van der Waals surface area contributed by atoms with E-state index in [1.54, 1.807) is 11.8 Å². The quantitative estimate of drug-likeness (QED) is 0.702. The van der Waals surface area contributed by atoms with Crippen LogP contribution >= 0.6 is 11.8 Å². The van der Waals surface area contributed by atoms with Gasteiger partial charge < -0.3 is 15.3 Å². The Hall–Kier alpha value is -0.750. The van der Waals surface area contributed by atoms with Gasteiger partial charge in [0.1, 0.15) is 0 Å². The predicted molar refractivity (Wildman–Crippen MR) is 58.7 cm³/mol. The molecule has 0 spiro atoms. The second-order valence-corrected chi connectivity index (χ2v) is 4.55. The second-order valence-electron chi connectivity index (χ2n) is 3.50. The van der Waals surface area contributed by atoms with Gasteiger partial charge in [0, 0.05) is 31.3 Å². The fourth-order valence-corrected chi connectivity index (χ4v) is 2.11. The summed E-state index contributed by atoms with van der Waals surface area (Å²) in [5.41, 5.74) is 0. The summed E-state index contributed by atoms with van der Waals surface area (Å²) in [6, 6.07) is -0.221. The lowest BCUT2D eigenvalue weighted by Crippen LogP contribution is -2.37. The highest BCUT2D eigenvalue weighted by atomic mass is 32.2. The number of thioether (sulfide) groups is 1. The van der Waals surface area contributed by atoms with Gasteiger partial charge in [-0.2, -0.15) is 0 Å². The molecule has 0 aliphatic carbocycles. The standard InChI is InChI=1S/C9H16N2O3S/c1-7(6-12)10-8(13)2-3-11-4-5-15-9(11)14/h7,12H,2-6H2,1H3,(H,10,13)/t7-/m0/s1. The van der Waals surface area contributed by atoms with Crippen molar-refractivity contribution in [2.45, 2.75) is 19.4 Å². The Bertz CT molecular complexity index is 248. The van der Waals surface area contributed by atoms with E-state index in [1.807, 2.05) is 0 Å². The molecule has 1 rings (SSSR count). The zero-order valence-corrected chi connectivity index (χ0v) is 9.55. The number of aliphatic hydroxyl groups excluding tert-OH is 1. The van der Waals surface area contributed by atoms with Gasteiger partial charge in [0.15, 0.2) is 0 Å². The van der Waals surface area contributed by atoms with Crippen molar-refractivity contribution in [1.29, 1.82) is 0 Å². The SMILES string of the molecule is C[C@@H](CO)NC(=O)CCN1CCSC1=O. The van der Waals surface area contributed by atoms with Crippen molar-refractivity contribution in [1.82, 2.24) is 10.2 Å². The van der Waals surface area contributed by atoms with Gasteiger partial charge >= 0.3 is 0 Å². The number of nitrogens with one attached hydrogen (secondary N) is 1. The molecule has 0 aromatic heterocycles. The van der Waals surface area contributed by atoms with Gasteiger partial charge in [-0.25, -0.2) is 0 Å². The third kappa shape index (κ3) is 4.09. The number of carbonyl (C=O) groups is 2. The van der Waals surface area contributed by atoms with Crippen LogP contribution in [0.4, 0.5) is 4.79 Å². The third-order valence-corrected chi connectivity index (χ3v) is 3.03. The van der Waals surface area contributed by atoms with Crippen molar-refractivity contribution >= 4 is 22.9 Å². The van der Waals surface area contributed by atoms with Gasteiger partial charge in [-0.15, -0.1) is 0 Å². The van der Waals surface area contributed by atoms with Crippen molar-refractivity contribution in [3.8, 4) is 0 Å². The Morgan fingerprint density at radius 2 is 2.47 bits per heavy atom. The Balaban J connectivity index is 2.19. The smallest absolute Gasteiger partial charge is 0.281 e. The topological polar surface area (TPSA) is 69.6 Å². The van der Waals surface area contributed by atoms with E-state index in [0.717, 1.165) is 12.3 Å². The lowest BCUT2D eigenvalue weighted by atomic mass is 10.3. The molecule has 0 aromatic carbocycles. The maximum Gasteiger partial charge on any atom is 0.281 e. The summed E-state index contributed by atoms with van der Waals surface area (Å²) in [7, 11) is 0. The molecule has 1 saturated heterocycles. The Morgan fingerprint density at radius 3 is 3.00 bits per heavy atom. The van der Waals surface area contributed by atoms with Gasteiger partial charge in [0.2, 0.25) is 5.91 Å². The van der Waals surface area contributed by atoms with Crippen LogP contribution in [0.1, 0.15) is 13.3 Å². The van der Waals surface area contributed by atoms with Crippen LogP contribution in [0.2, 0.25) is 0 Å². The van der Waals surface area contributed by atoms with Crippen molar-refractivity contribution in [3.63, 3.8) is 0 Å². The molecule has 15 heavy (non-hydrogen) atoms. The van der Waals surface area contributed by atoms with E-state index in [4.69, 9.17) is 5.11 Å². The molecular weight excluding hydrogens is 216 g/mol. The molecule has 86 valence electrons. The molecule has 1 aliphatic rings. The fraction of sp³-hybridized carbons (Fsp3) is 0.778. The van der Waals surface area contributed by atoms with E-state index in [1.165, 1.54) is 11.8 Å². The minimum Gasteiger partial charge on any atom is -0.394 e. The van der Waals surface area contributed by atoms with Crippen LogP contribution < -0.4 is 5.32 Å². The molecule has 1 atom stereocenters. The van der Waals surface area contributed by atoms with E-state index in [9.17, 15) is 9.59 Å².